The lowest BCUT2D eigenvalue weighted by molar-refractivity contribution is 0.0482. The minimum atomic E-state index is -2.62. The lowest BCUT2D eigenvalue weighted by Gasteiger charge is -2.21. The van der Waals surface area contributed by atoms with Crippen molar-refractivity contribution in [3.63, 3.8) is 0 Å². The summed E-state index contributed by atoms with van der Waals surface area (Å²) in [4.78, 5) is 15.1. The van der Waals surface area contributed by atoms with Gasteiger partial charge in [0.2, 0.25) is 0 Å². The fourth-order valence-corrected chi connectivity index (χ4v) is 4.53. The third kappa shape index (κ3) is 5.06. The third-order valence-electron chi connectivity index (χ3n) is 4.36. The normalized spacial score (nSPS) is 11.6. The Hall–Kier alpha value is -1.74. The highest BCUT2D eigenvalue weighted by Crippen LogP contribution is 2.31. The van der Waals surface area contributed by atoms with E-state index in [1.54, 1.807) is 22.9 Å². The Morgan fingerprint density at radius 3 is 2.76 bits per heavy atom. The summed E-state index contributed by atoms with van der Waals surface area (Å²) in [6.45, 7) is 1.89. The van der Waals surface area contributed by atoms with Gasteiger partial charge in [0.05, 0.1) is 30.3 Å². The Labute approximate surface area is 180 Å². The van der Waals surface area contributed by atoms with Gasteiger partial charge in [-0.3, -0.25) is 9.48 Å². The number of carbonyl (C=O) groups excluding carboxylic acids is 1. The standard InChI is InChI=1S/C19H19Cl2F2N3O2S/c1-11-14-8-16(18(27)25(5-6-28-2)10-17(22)23)29-19(14)26(24-11)9-12-3-4-13(20)7-15(12)21/h3-4,7-8,17H,5-6,9-10H2,1-2H3. The van der Waals surface area contributed by atoms with Crippen molar-refractivity contribution in [1.29, 1.82) is 0 Å². The maximum Gasteiger partial charge on any atom is 0.264 e. The number of aromatic nitrogens is 2. The SMILES string of the molecule is COCCN(CC(F)F)C(=O)c1cc2c(C)nn(Cc3ccc(Cl)cc3Cl)c2s1. The van der Waals surface area contributed by atoms with Gasteiger partial charge in [-0.25, -0.2) is 8.78 Å². The number of hydrogen-bond donors (Lipinski definition) is 0. The highest BCUT2D eigenvalue weighted by atomic mass is 35.5. The minimum absolute atomic E-state index is 0.0966. The first-order valence-electron chi connectivity index (χ1n) is 8.77. The zero-order chi connectivity index (χ0) is 21.1. The average molecular weight is 462 g/mol. The molecule has 1 amide bonds. The molecule has 0 aliphatic carbocycles. The van der Waals surface area contributed by atoms with E-state index in [2.05, 4.69) is 5.10 Å². The molecule has 0 radical (unpaired) electrons. The van der Waals surface area contributed by atoms with Crippen LogP contribution in [0.3, 0.4) is 0 Å². The molecule has 0 N–H and O–H groups in total. The van der Waals surface area contributed by atoms with Crippen LogP contribution < -0.4 is 0 Å². The molecule has 2 aromatic heterocycles. The van der Waals surface area contributed by atoms with Crippen molar-refractivity contribution in [2.75, 3.05) is 26.8 Å². The molecule has 5 nitrogen and oxygen atoms in total. The van der Waals surface area contributed by atoms with Crippen LogP contribution in [0.5, 0.6) is 0 Å². The number of hydrogen-bond acceptors (Lipinski definition) is 4. The van der Waals surface area contributed by atoms with E-state index in [1.165, 1.54) is 18.4 Å². The summed E-state index contributed by atoms with van der Waals surface area (Å²) in [6.07, 6.45) is -2.62. The first-order valence-corrected chi connectivity index (χ1v) is 10.3. The molecule has 10 heteroatoms. The summed E-state index contributed by atoms with van der Waals surface area (Å²) in [5.74, 6) is -0.445. The Balaban J connectivity index is 1.91. The molecule has 0 unspecified atom stereocenters. The van der Waals surface area contributed by atoms with E-state index in [4.69, 9.17) is 27.9 Å². The Kier molecular flexibility index (Phi) is 7.10. The summed E-state index contributed by atoms with van der Waals surface area (Å²) in [6, 6.07) is 6.93. The predicted octanol–water partition coefficient (Wildman–Crippen LogP) is 5.12. The number of rotatable bonds is 8. The fourth-order valence-electron chi connectivity index (χ4n) is 2.94. The average Bonchev–Trinajstić information content (AvgIpc) is 3.21. The summed E-state index contributed by atoms with van der Waals surface area (Å²) in [5, 5.41) is 6.40. The van der Waals surface area contributed by atoms with E-state index in [1.807, 2.05) is 13.0 Å². The van der Waals surface area contributed by atoms with E-state index in [-0.39, 0.29) is 13.2 Å². The number of methoxy groups -OCH3 is 1. The number of benzene rings is 1. The first-order chi connectivity index (χ1) is 13.8. The molecule has 156 valence electrons. The van der Waals surface area contributed by atoms with Crippen LogP contribution in [0.4, 0.5) is 8.78 Å². The van der Waals surface area contributed by atoms with Gasteiger partial charge in [-0.05, 0) is 30.7 Å². The van der Waals surface area contributed by atoms with E-state index in [0.717, 1.165) is 26.4 Å². The van der Waals surface area contributed by atoms with Crippen molar-refractivity contribution in [3.8, 4) is 0 Å². The maximum absolute atomic E-state index is 12.9. The van der Waals surface area contributed by atoms with E-state index >= 15 is 0 Å². The van der Waals surface area contributed by atoms with Gasteiger partial charge in [0, 0.05) is 29.1 Å². The molecule has 29 heavy (non-hydrogen) atoms. The van der Waals surface area contributed by atoms with Gasteiger partial charge in [0.1, 0.15) is 4.83 Å². The topological polar surface area (TPSA) is 47.4 Å². The lowest BCUT2D eigenvalue weighted by atomic mass is 10.2. The van der Waals surface area contributed by atoms with E-state index in [9.17, 15) is 13.6 Å². The number of fused-ring (bicyclic) bond motifs is 1. The molecule has 2 heterocycles. The molecule has 0 aliphatic heterocycles. The second-order valence-electron chi connectivity index (χ2n) is 6.44. The summed E-state index contributed by atoms with van der Waals surface area (Å²) < 4.78 is 32.5. The minimum Gasteiger partial charge on any atom is -0.383 e. The molecule has 1 aromatic carbocycles. The van der Waals surface area contributed by atoms with Crippen LogP contribution in [-0.2, 0) is 11.3 Å². The molecule has 0 atom stereocenters. The smallest absolute Gasteiger partial charge is 0.264 e. The van der Waals surface area contributed by atoms with Crippen molar-refractivity contribution in [2.24, 2.45) is 0 Å². The molecule has 0 fully saturated rings. The largest absolute Gasteiger partial charge is 0.383 e. The van der Waals surface area contributed by atoms with Gasteiger partial charge in [-0.1, -0.05) is 29.3 Å². The van der Waals surface area contributed by atoms with E-state index in [0.29, 0.717) is 21.5 Å². The quantitative estimate of drug-likeness (QED) is 0.467. The van der Waals surface area contributed by atoms with Crippen molar-refractivity contribution in [2.45, 2.75) is 19.9 Å². The summed E-state index contributed by atoms with van der Waals surface area (Å²) >= 11 is 13.4. The third-order valence-corrected chi connectivity index (χ3v) is 6.09. The molecule has 0 bridgehead atoms. The number of nitrogens with zero attached hydrogens (tertiary/aromatic N) is 3. The molecule has 0 spiro atoms. The van der Waals surface area contributed by atoms with Gasteiger partial charge in [-0.15, -0.1) is 11.3 Å². The summed E-state index contributed by atoms with van der Waals surface area (Å²) in [5.41, 5.74) is 1.58. The van der Waals surface area contributed by atoms with Gasteiger partial charge in [0.25, 0.3) is 12.3 Å². The molecular weight excluding hydrogens is 443 g/mol. The monoisotopic (exact) mass is 461 g/mol. The van der Waals surface area contributed by atoms with E-state index < -0.39 is 18.9 Å². The molecule has 0 saturated carbocycles. The van der Waals surface area contributed by atoms with Crippen molar-refractivity contribution >= 4 is 50.7 Å². The van der Waals surface area contributed by atoms with Crippen LogP contribution in [0.1, 0.15) is 20.9 Å². The van der Waals surface area contributed by atoms with Crippen LogP contribution in [0, 0.1) is 6.92 Å². The van der Waals surface area contributed by atoms with Gasteiger partial charge < -0.3 is 9.64 Å². The summed E-state index contributed by atoms with van der Waals surface area (Å²) in [7, 11) is 1.46. The second kappa shape index (κ2) is 9.38. The van der Waals surface area contributed by atoms with Gasteiger partial charge in [-0.2, -0.15) is 5.10 Å². The number of carbonyl (C=O) groups is 1. The van der Waals surface area contributed by atoms with Crippen LogP contribution in [0.25, 0.3) is 10.2 Å². The first kappa shape index (κ1) is 22.0. The maximum atomic E-state index is 12.9. The number of amides is 1. The van der Waals surface area contributed by atoms with Crippen LogP contribution >= 0.6 is 34.5 Å². The highest BCUT2D eigenvalue weighted by molar-refractivity contribution is 7.20. The van der Waals surface area contributed by atoms with Crippen molar-refractivity contribution in [3.05, 3.63) is 50.4 Å². The van der Waals surface area contributed by atoms with Crippen molar-refractivity contribution < 1.29 is 18.3 Å². The second-order valence-corrected chi connectivity index (χ2v) is 8.32. The Morgan fingerprint density at radius 2 is 2.10 bits per heavy atom. The van der Waals surface area contributed by atoms with Crippen LogP contribution in [0.15, 0.2) is 24.3 Å². The van der Waals surface area contributed by atoms with Crippen molar-refractivity contribution in [1.82, 2.24) is 14.7 Å². The van der Waals surface area contributed by atoms with Crippen LogP contribution in [0.2, 0.25) is 10.0 Å². The fraction of sp³-hybridized carbons (Fsp3) is 0.368. The van der Waals surface area contributed by atoms with Crippen LogP contribution in [-0.4, -0.2) is 53.8 Å². The van der Waals surface area contributed by atoms with Gasteiger partial charge in [0.15, 0.2) is 0 Å². The number of ether oxygens (including phenoxy) is 1. The molecule has 3 rings (SSSR count). The number of alkyl halides is 2. The zero-order valence-electron chi connectivity index (χ0n) is 15.8. The number of aryl methyl sites for hydroxylation is 1. The zero-order valence-corrected chi connectivity index (χ0v) is 18.1. The lowest BCUT2D eigenvalue weighted by Crippen LogP contribution is -2.37. The highest BCUT2D eigenvalue weighted by Gasteiger charge is 2.23. The number of thiophene rings is 1. The molecule has 0 saturated heterocycles. The molecule has 0 aliphatic rings. The Morgan fingerprint density at radius 1 is 1.34 bits per heavy atom. The van der Waals surface area contributed by atoms with Gasteiger partial charge >= 0.3 is 0 Å². The predicted molar refractivity (Wildman–Crippen MR) is 112 cm³/mol. The Bertz CT molecular complexity index is 1020. The molecular formula is C19H19Cl2F2N3O2S. The number of halogens is 4. The molecule has 3 aromatic rings.